The highest BCUT2D eigenvalue weighted by molar-refractivity contribution is 6.30. The first-order valence-electron chi connectivity index (χ1n) is 6.48. The maximum Gasteiger partial charge on any atom is 0.221 e. The smallest absolute Gasteiger partial charge is 0.221 e. The molecule has 0 saturated carbocycles. The molecule has 0 unspecified atom stereocenters. The standard InChI is InChI=1S/C16H16ClN3O/c1-11(19-20-15-8-6-14(17)7-9-15)13-4-3-5-16(10-13)18-12(2)21/h3-10,20H,1-2H3,(H,18,21)/b19-11+. The van der Waals surface area contributed by atoms with E-state index in [0.717, 1.165) is 22.6 Å². The predicted molar refractivity (Wildman–Crippen MR) is 88.0 cm³/mol. The number of rotatable bonds is 4. The molecule has 2 rings (SSSR count). The Morgan fingerprint density at radius 2 is 1.76 bits per heavy atom. The molecule has 0 spiro atoms. The van der Waals surface area contributed by atoms with Crippen LogP contribution in [0.25, 0.3) is 0 Å². The van der Waals surface area contributed by atoms with Gasteiger partial charge in [-0.2, -0.15) is 5.10 Å². The normalized spacial score (nSPS) is 11.1. The zero-order valence-electron chi connectivity index (χ0n) is 11.9. The predicted octanol–water partition coefficient (Wildman–Crippen LogP) is 4.13. The summed E-state index contributed by atoms with van der Waals surface area (Å²) < 4.78 is 0. The molecule has 0 atom stereocenters. The molecule has 0 aliphatic heterocycles. The van der Waals surface area contributed by atoms with Crippen LogP contribution < -0.4 is 10.7 Å². The number of halogens is 1. The summed E-state index contributed by atoms with van der Waals surface area (Å²) in [4.78, 5) is 11.1. The van der Waals surface area contributed by atoms with Crippen molar-refractivity contribution >= 4 is 34.6 Å². The van der Waals surface area contributed by atoms with Crippen molar-refractivity contribution in [1.29, 1.82) is 0 Å². The molecule has 2 aromatic rings. The van der Waals surface area contributed by atoms with Gasteiger partial charge in [0.05, 0.1) is 11.4 Å². The summed E-state index contributed by atoms with van der Waals surface area (Å²) in [7, 11) is 0. The molecule has 1 amide bonds. The van der Waals surface area contributed by atoms with Crippen molar-refractivity contribution in [3.05, 3.63) is 59.1 Å². The zero-order valence-corrected chi connectivity index (χ0v) is 12.6. The minimum atomic E-state index is -0.0963. The van der Waals surface area contributed by atoms with Crippen LogP contribution in [0.15, 0.2) is 53.6 Å². The molecule has 0 radical (unpaired) electrons. The van der Waals surface area contributed by atoms with E-state index in [4.69, 9.17) is 11.6 Å². The third-order valence-electron chi connectivity index (χ3n) is 2.80. The number of amides is 1. The minimum absolute atomic E-state index is 0.0963. The molecule has 0 bridgehead atoms. The van der Waals surface area contributed by atoms with Gasteiger partial charge < -0.3 is 5.32 Å². The Bertz CT molecular complexity index is 665. The Balaban J connectivity index is 2.11. The number of hydrogen-bond donors (Lipinski definition) is 2. The molecule has 0 saturated heterocycles. The van der Waals surface area contributed by atoms with Crippen LogP contribution in [0.1, 0.15) is 19.4 Å². The van der Waals surface area contributed by atoms with Gasteiger partial charge in [0.25, 0.3) is 0 Å². The highest BCUT2D eigenvalue weighted by Crippen LogP contribution is 2.15. The van der Waals surface area contributed by atoms with Crippen LogP contribution >= 0.6 is 11.6 Å². The molecular formula is C16H16ClN3O. The Morgan fingerprint density at radius 1 is 1.05 bits per heavy atom. The van der Waals surface area contributed by atoms with Gasteiger partial charge in [0, 0.05) is 17.6 Å². The zero-order chi connectivity index (χ0) is 15.2. The van der Waals surface area contributed by atoms with Crippen molar-refractivity contribution in [2.75, 3.05) is 10.7 Å². The van der Waals surface area contributed by atoms with Crippen molar-refractivity contribution in [2.24, 2.45) is 5.10 Å². The van der Waals surface area contributed by atoms with Gasteiger partial charge in [0.15, 0.2) is 0 Å². The summed E-state index contributed by atoms with van der Waals surface area (Å²) in [5.74, 6) is -0.0963. The van der Waals surface area contributed by atoms with Gasteiger partial charge >= 0.3 is 0 Å². The van der Waals surface area contributed by atoms with E-state index in [2.05, 4.69) is 15.8 Å². The number of hydrogen-bond acceptors (Lipinski definition) is 3. The Kier molecular flexibility index (Phi) is 4.95. The Morgan fingerprint density at radius 3 is 2.43 bits per heavy atom. The quantitative estimate of drug-likeness (QED) is 0.659. The van der Waals surface area contributed by atoms with Gasteiger partial charge in [-0.25, -0.2) is 0 Å². The number of carbonyl (C=O) groups is 1. The van der Waals surface area contributed by atoms with Crippen molar-refractivity contribution in [2.45, 2.75) is 13.8 Å². The van der Waals surface area contributed by atoms with Crippen LogP contribution in [0.3, 0.4) is 0 Å². The second kappa shape index (κ2) is 6.90. The summed E-state index contributed by atoms with van der Waals surface area (Å²) in [5.41, 5.74) is 6.33. The van der Waals surface area contributed by atoms with Crippen LogP contribution in [0.2, 0.25) is 5.02 Å². The SMILES string of the molecule is CC(=O)Nc1cccc(/C(C)=N/Nc2ccc(Cl)cc2)c1. The van der Waals surface area contributed by atoms with E-state index in [9.17, 15) is 4.79 Å². The van der Waals surface area contributed by atoms with Crippen molar-refractivity contribution < 1.29 is 4.79 Å². The van der Waals surface area contributed by atoms with Gasteiger partial charge in [-0.15, -0.1) is 0 Å². The maximum atomic E-state index is 11.1. The fraction of sp³-hybridized carbons (Fsp3) is 0.125. The van der Waals surface area contributed by atoms with Gasteiger partial charge in [-0.1, -0.05) is 23.7 Å². The number of nitrogens with zero attached hydrogens (tertiary/aromatic N) is 1. The van der Waals surface area contributed by atoms with Crippen molar-refractivity contribution in [3.8, 4) is 0 Å². The summed E-state index contributed by atoms with van der Waals surface area (Å²) in [6.07, 6.45) is 0. The number of nitrogens with one attached hydrogen (secondary N) is 2. The molecule has 0 heterocycles. The average Bonchev–Trinajstić information content (AvgIpc) is 2.46. The highest BCUT2D eigenvalue weighted by atomic mass is 35.5. The lowest BCUT2D eigenvalue weighted by molar-refractivity contribution is -0.114. The molecule has 4 nitrogen and oxygen atoms in total. The molecule has 5 heteroatoms. The first-order valence-corrected chi connectivity index (χ1v) is 6.86. The van der Waals surface area contributed by atoms with E-state index < -0.39 is 0 Å². The topological polar surface area (TPSA) is 53.5 Å². The first-order chi connectivity index (χ1) is 10.0. The molecule has 21 heavy (non-hydrogen) atoms. The Labute approximate surface area is 128 Å². The molecular weight excluding hydrogens is 286 g/mol. The number of hydrazone groups is 1. The van der Waals surface area contributed by atoms with Gasteiger partial charge in [0.1, 0.15) is 0 Å². The van der Waals surface area contributed by atoms with E-state index in [1.165, 1.54) is 6.92 Å². The molecule has 0 aliphatic rings. The van der Waals surface area contributed by atoms with E-state index in [-0.39, 0.29) is 5.91 Å². The van der Waals surface area contributed by atoms with Crippen LogP contribution in [0.4, 0.5) is 11.4 Å². The summed E-state index contributed by atoms with van der Waals surface area (Å²) in [6, 6.07) is 14.8. The van der Waals surface area contributed by atoms with E-state index >= 15 is 0 Å². The van der Waals surface area contributed by atoms with E-state index in [1.807, 2.05) is 43.3 Å². The number of carbonyl (C=O) groups excluding carboxylic acids is 1. The fourth-order valence-corrected chi connectivity index (χ4v) is 1.89. The number of anilines is 2. The summed E-state index contributed by atoms with van der Waals surface area (Å²) in [6.45, 7) is 3.38. The van der Waals surface area contributed by atoms with Gasteiger partial charge in [0.2, 0.25) is 5.91 Å². The molecule has 2 N–H and O–H groups in total. The van der Waals surface area contributed by atoms with Crippen LogP contribution in [0, 0.1) is 0 Å². The molecule has 0 aliphatic carbocycles. The van der Waals surface area contributed by atoms with Crippen LogP contribution in [0.5, 0.6) is 0 Å². The van der Waals surface area contributed by atoms with E-state index in [0.29, 0.717) is 5.02 Å². The second-order valence-electron chi connectivity index (χ2n) is 4.58. The maximum absolute atomic E-state index is 11.1. The second-order valence-corrected chi connectivity index (χ2v) is 5.01. The van der Waals surface area contributed by atoms with Crippen molar-refractivity contribution in [1.82, 2.24) is 0 Å². The van der Waals surface area contributed by atoms with Crippen LogP contribution in [-0.4, -0.2) is 11.6 Å². The first kappa shape index (κ1) is 15.1. The molecule has 108 valence electrons. The molecule has 0 fully saturated rings. The highest BCUT2D eigenvalue weighted by Gasteiger charge is 2.01. The minimum Gasteiger partial charge on any atom is -0.326 e. The lowest BCUT2D eigenvalue weighted by Crippen LogP contribution is -2.07. The third kappa shape index (κ3) is 4.61. The monoisotopic (exact) mass is 301 g/mol. The number of benzene rings is 2. The van der Waals surface area contributed by atoms with Gasteiger partial charge in [-0.05, 0) is 48.9 Å². The lowest BCUT2D eigenvalue weighted by atomic mass is 10.1. The summed E-state index contributed by atoms with van der Waals surface area (Å²) in [5, 5.41) is 7.76. The molecule has 2 aromatic carbocycles. The summed E-state index contributed by atoms with van der Waals surface area (Å²) >= 11 is 5.83. The lowest BCUT2D eigenvalue weighted by Gasteiger charge is -2.06. The largest absolute Gasteiger partial charge is 0.326 e. The van der Waals surface area contributed by atoms with Crippen LogP contribution in [-0.2, 0) is 4.79 Å². The van der Waals surface area contributed by atoms with E-state index in [1.54, 1.807) is 12.1 Å². The Hall–Kier alpha value is -2.33. The third-order valence-corrected chi connectivity index (χ3v) is 3.05. The molecule has 0 aromatic heterocycles. The van der Waals surface area contributed by atoms with Gasteiger partial charge in [-0.3, -0.25) is 10.2 Å². The average molecular weight is 302 g/mol. The van der Waals surface area contributed by atoms with Crippen molar-refractivity contribution in [3.63, 3.8) is 0 Å². The fourth-order valence-electron chi connectivity index (χ4n) is 1.76.